The van der Waals surface area contributed by atoms with Gasteiger partial charge in [0.15, 0.2) is 5.78 Å². The Morgan fingerprint density at radius 1 is 0.517 bits per heavy atom. The largest absolute Gasteiger partial charge is 0.294 e. The lowest BCUT2D eigenvalue weighted by molar-refractivity contribution is 0.0979. The zero-order chi connectivity index (χ0) is 20.8. The third-order valence-electron chi connectivity index (χ3n) is 6.10. The first kappa shape index (κ1) is 25.9. The molecular weight excluding hydrogens is 352 g/mol. The van der Waals surface area contributed by atoms with Gasteiger partial charge in [0, 0.05) is 12.0 Å². The molecule has 0 N–H and O–H groups in total. The number of hydrogen-bond donors (Lipinski definition) is 0. The van der Waals surface area contributed by atoms with Gasteiger partial charge in [0.05, 0.1) is 0 Å². The van der Waals surface area contributed by atoms with Crippen LogP contribution in [0.25, 0.3) is 0 Å². The highest BCUT2D eigenvalue weighted by molar-refractivity contribution is 5.95. The van der Waals surface area contributed by atoms with Crippen molar-refractivity contribution in [3.63, 3.8) is 0 Å². The highest BCUT2D eigenvalue weighted by atomic mass is 16.1. The molecule has 0 saturated heterocycles. The lowest BCUT2D eigenvalue weighted by Gasteiger charge is -2.04. The minimum Gasteiger partial charge on any atom is -0.294 e. The molecule has 166 valence electrons. The van der Waals surface area contributed by atoms with Crippen molar-refractivity contribution in [2.75, 3.05) is 0 Å². The topological polar surface area (TPSA) is 17.1 Å². The lowest BCUT2D eigenvalue weighted by Crippen LogP contribution is -1.98. The molecule has 0 bridgehead atoms. The van der Waals surface area contributed by atoms with Crippen LogP contribution in [0.1, 0.15) is 146 Å². The molecule has 0 spiro atoms. The van der Waals surface area contributed by atoms with E-state index < -0.39 is 0 Å². The van der Waals surface area contributed by atoms with E-state index in [1.54, 1.807) is 0 Å². The quantitative estimate of drug-likeness (QED) is 0.148. The van der Waals surface area contributed by atoms with E-state index >= 15 is 0 Å². The Kier molecular flexibility index (Phi) is 18.0. The summed E-state index contributed by atoms with van der Waals surface area (Å²) in [5, 5.41) is 0. The van der Waals surface area contributed by atoms with Crippen molar-refractivity contribution in [3.05, 3.63) is 35.9 Å². The SMILES string of the molecule is CCCCCCCCCCCCCCCCCCCCCC(=O)c1ccccc1. The van der Waals surface area contributed by atoms with Gasteiger partial charge in [-0.2, -0.15) is 0 Å². The summed E-state index contributed by atoms with van der Waals surface area (Å²) in [4.78, 5) is 12.0. The van der Waals surface area contributed by atoms with Crippen LogP contribution < -0.4 is 0 Å². The Morgan fingerprint density at radius 3 is 1.24 bits per heavy atom. The zero-order valence-electron chi connectivity index (χ0n) is 19.4. The number of Topliss-reactive ketones (excluding diaryl/α,β-unsaturated/α-hetero) is 1. The van der Waals surface area contributed by atoms with E-state index in [1.807, 2.05) is 30.3 Å². The molecule has 0 amide bonds. The Labute approximate surface area is 182 Å². The molecule has 0 radical (unpaired) electrons. The van der Waals surface area contributed by atoms with Crippen LogP contribution in [0.2, 0.25) is 0 Å². The maximum absolute atomic E-state index is 12.0. The van der Waals surface area contributed by atoms with E-state index in [0.717, 1.165) is 12.0 Å². The van der Waals surface area contributed by atoms with Gasteiger partial charge in [-0.1, -0.05) is 153 Å². The van der Waals surface area contributed by atoms with Crippen molar-refractivity contribution in [1.29, 1.82) is 0 Å². The van der Waals surface area contributed by atoms with E-state index in [9.17, 15) is 4.79 Å². The van der Waals surface area contributed by atoms with Crippen LogP contribution in [0.3, 0.4) is 0 Å². The predicted molar refractivity (Wildman–Crippen MR) is 129 cm³/mol. The molecule has 0 saturated carbocycles. The van der Waals surface area contributed by atoms with E-state index in [2.05, 4.69) is 6.92 Å². The zero-order valence-corrected chi connectivity index (χ0v) is 19.4. The van der Waals surface area contributed by atoms with Crippen molar-refractivity contribution in [2.45, 2.75) is 135 Å². The Hall–Kier alpha value is -1.11. The molecule has 0 aliphatic rings. The minimum absolute atomic E-state index is 0.303. The van der Waals surface area contributed by atoms with Gasteiger partial charge in [-0.3, -0.25) is 4.79 Å². The van der Waals surface area contributed by atoms with Crippen LogP contribution in [0.5, 0.6) is 0 Å². The summed E-state index contributed by atoms with van der Waals surface area (Å²) < 4.78 is 0. The monoisotopic (exact) mass is 400 g/mol. The van der Waals surface area contributed by atoms with Crippen LogP contribution in [-0.4, -0.2) is 5.78 Å². The highest BCUT2D eigenvalue weighted by Gasteiger charge is 2.04. The van der Waals surface area contributed by atoms with Crippen molar-refractivity contribution in [2.24, 2.45) is 0 Å². The molecule has 1 nitrogen and oxygen atoms in total. The number of rotatable bonds is 21. The molecular formula is C28H48O. The smallest absolute Gasteiger partial charge is 0.162 e. The predicted octanol–water partition coefficient (Wildman–Crippen LogP) is 9.69. The second-order valence-electron chi connectivity index (χ2n) is 8.90. The molecule has 29 heavy (non-hydrogen) atoms. The van der Waals surface area contributed by atoms with Gasteiger partial charge >= 0.3 is 0 Å². The van der Waals surface area contributed by atoms with Crippen molar-refractivity contribution in [3.8, 4) is 0 Å². The van der Waals surface area contributed by atoms with Crippen LogP contribution in [0.15, 0.2) is 30.3 Å². The fourth-order valence-corrected chi connectivity index (χ4v) is 4.13. The van der Waals surface area contributed by atoms with E-state index in [4.69, 9.17) is 0 Å². The fraction of sp³-hybridized carbons (Fsp3) is 0.750. The number of hydrogen-bond acceptors (Lipinski definition) is 1. The third-order valence-corrected chi connectivity index (χ3v) is 6.10. The normalized spacial score (nSPS) is 11.1. The second-order valence-corrected chi connectivity index (χ2v) is 8.90. The minimum atomic E-state index is 0.303. The fourth-order valence-electron chi connectivity index (χ4n) is 4.13. The first-order valence-electron chi connectivity index (χ1n) is 12.9. The van der Waals surface area contributed by atoms with E-state index in [1.165, 1.54) is 116 Å². The molecule has 0 fully saturated rings. The van der Waals surface area contributed by atoms with Gasteiger partial charge in [0.25, 0.3) is 0 Å². The summed E-state index contributed by atoms with van der Waals surface area (Å²) in [5.41, 5.74) is 0.870. The Bertz CT molecular complexity index is 464. The Balaban J connectivity index is 1.72. The van der Waals surface area contributed by atoms with Gasteiger partial charge in [-0.05, 0) is 6.42 Å². The van der Waals surface area contributed by atoms with Gasteiger partial charge in [-0.25, -0.2) is 0 Å². The molecule has 1 heteroatoms. The Morgan fingerprint density at radius 2 is 0.862 bits per heavy atom. The molecule has 0 heterocycles. The third kappa shape index (κ3) is 16.4. The molecule has 0 aliphatic carbocycles. The standard InChI is InChI=1S/C28H48O/c1-2-3-4-5-6-7-8-9-10-11-12-13-14-15-16-17-18-19-23-26-28(29)27-24-21-20-22-25-27/h20-22,24-25H,2-19,23,26H2,1H3. The summed E-state index contributed by atoms with van der Waals surface area (Å²) in [7, 11) is 0. The highest BCUT2D eigenvalue weighted by Crippen LogP contribution is 2.15. The summed E-state index contributed by atoms with van der Waals surface area (Å²) in [6, 6.07) is 9.72. The number of unbranched alkanes of at least 4 members (excludes halogenated alkanes) is 18. The van der Waals surface area contributed by atoms with Gasteiger partial charge in [0.2, 0.25) is 0 Å². The molecule has 0 aliphatic heterocycles. The van der Waals surface area contributed by atoms with Gasteiger partial charge < -0.3 is 0 Å². The molecule has 1 rings (SSSR count). The molecule has 1 aromatic carbocycles. The van der Waals surface area contributed by atoms with Crippen LogP contribution in [-0.2, 0) is 0 Å². The summed E-state index contributed by atoms with van der Waals surface area (Å²) in [5.74, 6) is 0.303. The van der Waals surface area contributed by atoms with Crippen molar-refractivity contribution < 1.29 is 4.79 Å². The summed E-state index contributed by atoms with van der Waals surface area (Å²) in [6.45, 7) is 2.29. The average molecular weight is 401 g/mol. The number of benzene rings is 1. The summed E-state index contributed by atoms with van der Waals surface area (Å²) in [6.07, 6.45) is 27.1. The molecule has 0 unspecified atom stereocenters. The van der Waals surface area contributed by atoms with Crippen LogP contribution >= 0.6 is 0 Å². The van der Waals surface area contributed by atoms with E-state index in [0.29, 0.717) is 12.2 Å². The number of carbonyl (C=O) groups excluding carboxylic acids is 1. The van der Waals surface area contributed by atoms with Gasteiger partial charge in [-0.15, -0.1) is 0 Å². The van der Waals surface area contributed by atoms with E-state index in [-0.39, 0.29) is 0 Å². The number of ketones is 1. The molecule has 0 aromatic heterocycles. The maximum Gasteiger partial charge on any atom is 0.162 e. The molecule has 0 atom stereocenters. The first-order valence-corrected chi connectivity index (χ1v) is 12.9. The second kappa shape index (κ2) is 20.2. The average Bonchev–Trinajstić information content (AvgIpc) is 2.75. The first-order chi connectivity index (χ1) is 14.3. The van der Waals surface area contributed by atoms with Crippen molar-refractivity contribution >= 4 is 5.78 Å². The molecule has 1 aromatic rings. The summed E-state index contributed by atoms with van der Waals surface area (Å²) >= 11 is 0. The lowest BCUT2D eigenvalue weighted by atomic mass is 10.0. The van der Waals surface area contributed by atoms with Crippen LogP contribution in [0.4, 0.5) is 0 Å². The van der Waals surface area contributed by atoms with Crippen molar-refractivity contribution in [1.82, 2.24) is 0 Å². The number of carbonyl (C=O) groups is 1. The maximum atomic E-state index is 12.0. The van der Waals surface area contributed by atoms with Crippen LogP contribution in [0, 0.1) is 0 Å². The van der Waals surface area contributed by atoms with Gasteiger partial charge in [0.1, 0.15) is 0 Å².